The van der Waals surface area contributed by atoms with Crippen molar-refractivity contribution in [1.29, 1.82) is 0 Å². The SMILES string of the molecule is CC(=O)Nc1cccc(C(C)Nc2nccc(C)c2Br)c1. The van der Waals surface area contributed by atoms with Crippen molar-refractivity contribution in [3.8, 4) is 0 Å². The van der Waals surface area contributed by atoms with Gasteiger partial charge >= 0.3 is 0 Å². The monoisotopic (exact) mass is 347 g/mol. The Balaban J connectivity index is 2.18. The fourth-order valence-corrected chi connectivity index (χ4v) is 2.37. The van der Waals surface area contributed by atoms with E-state index >= 15 is 0 Å². The summed E-state index contributed by atoms with van der Waals surface area (Å²) in [6.45, 7) is 5.59. The lowest BCUT2D eigenvalue weighted by molar-refractivity contribution is -0.114. The molecule has 2 N–H and O–H groups in total. The van der Waals surface area contributed by atoms with Crippen LogP contribution in [0.2, 0.25) is 0 Å². The Morgan fingerprint density at radius 3 is 2.81 bits per heavy atom. The molecule has 1 amide bonds. The van der Waals surface area contributed by atoms with Gasteiger partial charge in [0.15, 0.2) is 0 Å². The molecule has 0 spiro atoms. The molecule has 2 rings (SSSR count). The predicted octanol–water partition coefficient (Wildman–Crippen LogP) is 4.28. The molecular weight excluding hydrogens is 330 g/mol. The maximum absolute atomic E-state index is 11.1. The van der Waals surface area contributed by atoms with Crippen LogP contribution < -0.4 is 10.6 Å². The number of hydrogen-bond donors (Lipinski definition) is 2. The Bertz CT molecular complexity index is 658. The van der Waals surface area contributed by atoms with Crippen LogP contribution in [0.1, 0.15) is 31.0 Å². The molecule has 21 heavy (non-hydrogen) atoms. The number of nitrogens with zero attached hydrogens (tertiary/aromatic N) is 1. The highest BCUT2D eigenvalue weighted by Gasteiger charge is 2.10. The molecule has 0 saturated carbocycles. The first kappa shape index (κ1) is 15.5. The van der Waals surface area contributed by atoms with Crippen LogP contribution in [0.3, 0.4) is 0 Å². The van der Waals surface area contributed by atoms with Crippen molar-refractivity contribution in [3.05, 3.63) is 52.1 Å². The molecule has 0 fully saturated rings. The van der Waals surface area contributed by atoms with Crippen LogP contribution in [0.4, 0.5) is 11.5 Å². The molecule has 1 aromatic heterocycles. The van der Waals surface area contributed by atoms with Gasteiger partial charge in [0.05, 0.1) is 10.5 Å². The summed E-state index contributed by atoms with van der Waals surface area (Å²) in [4.78, 5) is 15.5. The van der Waals surface area contributed by atoms with Crippen LogP contribution in [0, 0.1) is 6.92 Å². The molecule has 0 saturated heterocycles. The lowest BCUT2D eigenvalue weighted by atomic mass is 10.1. The van der Waals surface area contributed by atoms with Crippen LogP contribution in [-0.2, 0) is 4.79 Å². The van der Waals surface area contributed by atoms with Crippen molar-refractivity contribution in [1.82, 2.24) is 4.98 Å². The largest absolute Gasteiger partial charge is 0.363 e. The Morgan fingerprint density at radius 2 is 2.10 bits per heavy atom. The lowest BCUT2D eigenvalue weighted by Gasteiger charge is -2.17. The Morgan fingerprint density at radius 1 is 1.33 bits per heavy atom. The van der Waals surface area contributed by atoms with Crippen molar-refractivity contribution in [3.63, 3.8) is 0 Å². The average molecular weight is 348 g/mol. The van der Waals surface area contributed by atoms with Crippen LogP contribution in [-0.4, -0.2) is 10.9 Å². The number of pyridine rings is 1. The molecular formula is C16H18BrN3O. The number of carbonyl (C=O) groups is 1. The molecule has 2 aromatic rings. The number of carbonyl (C=O) groups excluding carboxylic acids is 1. The number of amides is 1. The number of aryl methyl sites for hydroxylation is 1. The van der Waals surface area contributed by atoms with Crippen molar-refractivity contribution in [2.24, 2.45) is 0 Å². The van der Waals surface area contributed by atoms with E-state index in [-0.39, 0.29) is 11.9 Å². The smallest absolute Gasteiger partial charge is 0.221 e. The normalized spacial score (nSPS) is 11.8. The number of aromatic nitrogens is 1. The summed E-state index contributed by atoms with van der Waals surface area (Å²) >= 11 is 3.55. The maximum atomic E-state index is 11.1. The highest BCUT2D eigenvalue weighted by Crippen LogP contribution is 2.27. The minimum atomic E-state index is -0.0733. The van der Waals surface area contributed by atoms with Crippen molar-refractivity contribution in [2.45, 2.75) is 26.8 Å². The lowest BCUT2D eigenvalue weighted by Crippen LogP contribution is -2.10. The number of halogens is 1. The summed E-state index contributed by atoms with van der Waals surface area (Å²) in [5.41, 5.74) is 3.01. The standard InChI is InChI=1S/C16H18BrN3O/c1-10-7-8-18-16(15(10)17)19-11(2)13-5-4-6-14(9-13)20-12(3)21/h4-9,11H,1-3H3,(H,18,19)(H,20,21). The molecule has 1 heterocycles. The summed E-state index contributed by atoms with van der Waals surface area (Å²) in [6.07, 6.45) is 1.78. The Labute approximate surface area is 133 Å². The van der Waals surface area contributed by atoms with Gasteiger partial charge in [0.2, 0.25) is 5.91 Å². The first-order chi connectivity index (χ1) is 9.97. The van der Waals surface area contributed by atoms with Gasteiger partial charge in [-0.1, -0.05) is 12.1 Å². The molecule has 0 radical (unpaired) electrons. The number of rotatable bonds is 4. The van der Waals surface area contributed by atoms with Gasteiger partial charge in [0, 0.05) is 18.8 Å². The summed E-state index contributed by atoms with van der Waals surface area (Å²) in [6, 6.07) is 9.81. The number of nitrogens with one attached hydrogen (secondary N) is 2. The third kappa shape index (κ3) is 4.04. The van der Waals surface area contributed by atoms with E-state index in [4.69, 9.17) is 0 Å². The van der Waals surface area contributed by atoms with Crippen LogP contribution in [0.25, 0.3) is 0 Å². The summed E-state index contributed by atoms with van der Waals surface area (Å²) < 4.78 is 0.967. The first-order valence-electron chi connectivity index (χ1n) is 6.72. The quantitative estimate of drug-likeness (QED) is 0.867. The highest BCUT2D eigenvalue weighted by molar-refractivity contribution is 9.10. The van der Waals surface area contributed by atoms with Crippen molar-refractivity contribution < 1.29 is 4.79 Å². The van der Waals surface area contributed by atoms with Gasteiger partial charge in [-0.2, -0.15) is 0 Å². The molecule has 110 valence electrons. The van der Waals surface area contributed by atoms with E-state index < -0.39 is 0 Å². The minimum absolute atomic E-state index is 0.0733. The van der Waals surface area contributed by atoms with E-state index in [0.29, 0.717) is 0 Å². The molecule has 4 nitrogen and oxygen atoms in total. The molecule has 1 atom stereocenters. The van der Waals surface area contributed by atoms with Gasteiger partial charge in [-0.05, 0) is 59.1 Å². The van der Waals surface area contributed by atoms with Gasteiger partial charge in [-0.3, -0.25) is 4.79 Å². The number of benzene rings is 1. The third-order valence-electron chi connectivity index (χ3n) is 3.14. The summed E-state index contributed by atoms with van der Waals surface area (Å²) in [7, 11) is 0. The van der Waals surface area contributed by atoms with E-state index in [1.807, 2.05) is 37.3 Å². The summed E-state index contributed by atoms with van der Waals surface area (Å²) in [5.74, 6) is 0.739. The zero-order chi connectivity index (χ0) is 15.4. The van der Waals surface area contributed by atoms with Crippen molar-refractivity contribution in [2.75, 3.05) is 10.6 Å². The fourth-order valence-electron chi connectivity index (χ4n) is 2.02. The minimum Gasteiger partial charge on any atom is -0.363 e. The van der Waals surface area contributed by atoms with E-state index in [1.165, 1.54) is 6.92 Å². The Hall–Kier alpha value is -1.88. The molecule has 0 aliphatic heterocycles. The molecule has 0 aliphatic rings. The second kappa shape index (κ2) is 6.72. The number of hydrogen-bond acceptors (Lipinski definition) is 3. The average Bonchev–Trinajstić information content (AvgIpc) is 2.43. The number of anilines is 2. The fraction of sp³-hybridized carbons (Fsp3) is 0.250. The van der Waals surface area contributed by atoms with Gasteiger partial charge in [-0.15, -0.1) is 0 Å². The molecule has 0 bridgehead atoms. The maximum Gasteiger partial charge on any atom is 0.221 e. The Kier molecular flexibility index (Phi) is 4.96. The first-order valence-corrected chi connectivity index (χ1v) is 7.52. The van der Waals surface area contributed by atoms with Gasteiger partial charge < -0.3 is 10.6 Å². The van der Waals surface area contributed by atoms with Crippen molar-refractivity contribution >= 4 is 33.3 Å². The van der Waals surface area contributed by atoms with Gasteiger partial charge in [0.25, 0.3) is 0 Å². The third-order valence-corrected chi connectivity index (χ3v) is 4.14. The van der Waals surface area contributed by atoms with Crippen LogP contribution in [0.5, 0.6) is 0 Å². The molecule has 1 aromatic carbocycles. The molecule has 0 aliphatic carbocycles. The van der Waals surface area contributed by atoms with E-state index in [2.05, 4.69) is 38.5 Å². The summed E-state index contributed by atoms with van der Waals surface area (Å²) in [5, 5.41) is 6.17. The van der Waals surface area contributed by atoms with E-state index in [9.17, 15) is 4.79 Å². The zero-order valence-electron chi connectivity index (χ0n) is 12.3. The predicted molar refractivity (Wildman–Crippen MR) is 89.5 cm³/mol. The van der Waals surface area contributed by atoms with Crippen LogP contribution >= 0.6 is 15.9 Å². The molecule has 1 unspecified atom stereocenters. The second-order valence-electron chi connectivity index (χ2n) is 4.96. The van der Waals surface area contributed by atoms with Gasteiger partial charge in [-0.25, -0.2) is 4.98 Å². The second-order valence-corrected chi connectivity index (χ2v) is 5.76. The van der Waals surface area contributed by atoms with Gasteiger partial charge in [0.1, 0.15) is 5.82 Å². The highest BCUT2D eigenvalue weighted by atomic mass is 79.9. The van der Waals surface area contributed by atoms with Crippen LogP contribution in [0.15, 0.2) is 41.0 Å². The zero-order valence-corrected chi connectivity index (χ0v) is 13.9. The van der Waals surface area contributed by atoms with E-state index in [1.54, 1.807) is 6.20 Å². The van der Waals surface area contributed by atoms with E-state index in [0.717, 1.165) is 27.1 Å². The topological polar surface area (TPSA) is 54.0 Å². The molecule has 5 heteroatoms.